The van der Waals surface area contributed by atoms with Gasteiger partial charge in [-0.1, -0.05) is 0 Å². The van der Waals surface area contributed by atoms with E-state index in [2.05, 4.69) is 4.98 Å². The number of aromatic amines is 1. The van der Waals surface area contributed by atoms with Crippen LogP contribution in [-0.4, -0.2) is 37.9 Å². The van der Waals surface area contributed by atoms with Gasteiger partial charge in [0, 0.05) is 35.6 Å². The van der Waals surface area contributed by atoms with Crippen LogP contribution in [0.5, 0.6) is 5.75 Å². The standard InChI is InChI=1S/C20H21FN2O3S/c1-26-17-5-7-18(8-6-17)27(24,25)23-10-2-3-14(13-23)20-12-15-11-16(21)4-9-19(15)22-20/h4-9,11-12,14,22H,2-3,10,13H2,1H3. The molecule has 5 nitrogen and oxygen atoms in total. The second-order valence-corrected chi connectivity index (χ2v) is 8.77. The monoisotopic (exact) mass is 388 g/mol. The smallest absolute Gasteiger partial charge is 0.243 e. The van der Waals surface area contributed by atoms with Gasteiger partial charge in [0.05, 0.1) is 12.0 Å². The third-order valence-corrected chi connectivity index (χ3v) is 7.00. The molecule has 1 aliphatic heterocycles. The Hall–Kier alpha value is -2.38. The summed E-state index contributed by atoms with van der Waals surface area (Å²) in [5.74, 6) is 0.401. The molecule has 0 amide bonds. The molecule has 0 spiro atoms. The van der Waals surface area contributed by atoms with Crippen molar-refractivity contribution in [3.05, 3.63) is 60.0 Å². The molecule has 0 saturated carbocycles. The summed E-state index contributed by atoms with van der Waals surface area (Å²) in [6, 6.07) is 13.0. The van der Waals surface area contributed by atoms with Gasteiger partial charge in [0.15, 0.2) is 0 Å². The zero-order chi connectivity index (χ0) is 19.0. The lowest BCUT2D eigenvalue weighted by molar-refractivity contribution is 0.313. The van der Waals surface area contributed by atoms with E-state index < -0.39 is 10.0 Å². The van der Waals surface area contributed by atoms with Gasteiger partial charge in [0.1, 0.15) is 11.6 Å². The fourth-order valence-electron chi connectivity index (χ4n) is 3.66. The molecule has 1 unspecified atom stereocenters. The quantitative estimate of drug-likeness (QED) is 0.738. The van der Waals surface area contributed by atoms with Crippen LogP contribution in [0.25, 0.3) is 10.9 Å². The molecule has 2 aromatic carbocycles. The number of nitrogens with zero attached hydrogens (tertiary/aromatic N) is 1. The van der Waals surface area contributed by atoms with Crippen molar-refractivity contribution in [2.24, 2.45) is 0 Å². The molecular formula is C20H21FN2O3S. The zero-order valence-electron chi connectivity index (χ0n) is 15.0. The molecular weight excluding hydrogens is 367 g/mol. The minimum absolute atomic E-state index is 0.0576. The third kappa shape index (κ3) is 3.44. The zero-order valence-corrected chi connectivity index (χ0v) is 15.8. The van der Waals surface area contributed by atoms with E-state index in [9.17, 15) is 12.8 Å². The lowest BCUT2D eigenvalue weighted by Gasteiger charge is -2.31. The largest absolute Gasteiger partial charge is 0.497 e. The third-order valence-electron chi connectivity index (χ3n) is 5.12. The molecule has 0 bridgehead atoms. The van der Waals surface area contributed by atoms with Gasteiger partial charge in [-0.2, -0.15) is 4.31 Å². The first-order valence-corrected chi connectivity index (χ1v) is 10.3. The number of rotatable bonds is 4. The first-order chi connectivity index (χ1) is 13.0. The summed E-state index contributed by atoms with van der Waals surface area (Å²) in [6.07, 6.45) is 1.67. The summed E-state index contributed by atoms with van der Waals surface area (Å²) in [5.41, 5.74) is 1.81. The molecule has 1 aromatic heterocycles. The Morgan fingerprint density at radius 3 is 2.67 bits per heavy atom. The van der Waals surface area contributed by atoms with Gasteiger partial charge in [-0.05, 0) is 61.4 Å². The van der Waals surface area contributed by atoms with E-state index in [0.717, 1.165) is 29.4 Å². The molecule has 7 heteroatoms. The van der Waals surface area contributed by atoms with Gasteiger partial charge < -0.3 is 9.72 Å². The minimum atomic E-state index is -3.56. The van der Waals surface area contributed by atoms with Gasteiger partial charge in [0.2, 0.25) is 10.0 Å². The SMILES string of the molecule is COc1ccc(S(=O)(=O)N2CCCC(c3cc4cc(F)ccc4[nH]3)C2)cc1. The van der Waals surface area contributed by atoms with Crippen LogP contribution in [0.15, 0.2) is 53.4 Å². The van der Waals surface area contributed by atoms with Crippen LogP contribution in [0, 0.1) is 5.82 Å². The summed E-state index contributed by atoms with van der Waals surface area (Å²) in [5, 5.41) is 0.806. The topological polar surface area (TPSA) is 62.4 Å². The highest BCUT2D eigenvalue weighted by molar-refractivity contribution is 7.89. The molecule has 2 heterocycles. The number of piperidine rings is 1. The van der Waals surface area contributed by atoms with E-state index >= 15 is 0 Å². The number of nitrogens with one attached hydrogen (secondary N) is 1. The predicted octanol–water partition coefficient (Wildman–Crippen LogP) is 3.88. The fourth-order valence-corrected chi connectivity index (χ4v) is 5.18. The van der Waals surface area contributed by atoms with Crippen LogP contribution in [0.1, 0.15) is 24.5 Å². The molecule has 1 fully saturated rings. The van der Waals surface area contributed by atoms with E-state index in [4.69, 9.17) is 4.74 Å². The van der Waals surface area contributed by atoms with E-state index in [-0.39, 0.29) is 16.6 Å². The number of hydrogen-bond donors (Lipinski definition) is 1. The number of H-pyrrole nitrogens is 1. The molecule has 1 aliphatic rings. The average Bonchev–Trinajstić information content (AvgIpc) is 3.11. The maximum atomic E-state index is 13.4. The number of hydrogen-bond acceptors (Lipinski definition) is 3. The molecule has 142 valence electrons. The van der Waals surface area contributed by atoms with Crippen molar-refractivity contribution in [3.8, 4) is 5.75 Å². The Morgan fingerprint density at radius 1 is 1.15 bits per heavy atom. The van der Waals surface area contributed by atoms with Crippen LogP contribution in [0.3, 0.4) is 0 Å². The molecule has 3 aromatic rings. The lowest BCUT2D eigenvalue weighted by Crippen LogP contribution is -2.39. The van der Waals surface area contributed by atoms with Gasteiger partial charge in [0.25, 0.3) is 0 Å². The van der Waals surface area contributed by atoms with Crippen molar-refractivity contribution < 1.29 is 17.5 Å². The van der Waals surface area contributed by atoms with Crippen LogP contribution in [0.4, 0.5) is 4.39 Å². The molecule has 0 aliphatic carbocycles. The van der Waals surface area contributed by atoms with Crippen molar-refractivity contribution in [1.82, 2.24) is 9.29 Å². The normalized spacial score (nSPS) is 18.7. The van der Waals surface area contributed by atoms with Crippen LogP contribution >= 0.6 is 0 Å². The molecule has 27 heavy (non-hydrogen) atoms. The number of aromatic nitrogens is 1. The summed E-state index contributed by atoms with van der Waals surface area (Å²) >= 11 is 0. The van der Waals surface area contributed by atoms with E-state index in [1.54, 1.807) is 37.4 Å². The van der Waals surface area contributed by atoms with E-state index in [0.29, 0.717) is 18.8 Å². The molecule has 1 atom stereocenters. The summed E-state index contributed by atoms with van der Waals surface area (Å²) in [4.78, 5) is 3.58. The highest BCUT2D eigenvalue weighted by Gasteiger charge is 2.31. The van der Waals surface area contributed by atoms with Crippen LogP contribution < -0.4 is 4.74 Å². The summed E-state index contributed by atoms with van der Waals surface area (Å²) in [7, 11) is -2.01. The van der Waals surface area contributed by atoms with Crippen molar-refractivity contribution in [3.63, 3.8) is 0 Å². The minimum Gasteiger partial charge on any atom is -0.497 e. The summed E-state index contributed by atoms with van der Waals surface area (Å²) in [6.45, 7) is 0.906. The van der Waals surface area contributed by atoms with Crippen molar-refractivity contribution >= 4 is 20.9 Å². The number of sulfonamides is 1. The second-order valence-electron chi connectivity index (χ2n) is 6.83. The number of fused-ring (bicyclic) bond motifs is 1. The maximum absolute atomic E-state index is 13.4. The first-order valence-electron chi connectivity index (χ1n) is 8.90. The highest BCUT2D eigenvalue weighted by Crippen LogP contribution is 2.32. The molecule has 4 rings (SSSR count). The number of ether oxygens (including phenoxy) is 1. The van der Waals surface area contributed by atoms with Crippen molar-refractivity contribution in [1.29, 1.82) is 0 Å². The number of benzene rings is 2. The predicted molar refractivity (Wildman–Crippen MR) is 102 cm³/mol. The Bertz CT molecular complexity index is 1060. The Kier molecular flexibility index (Phi) is 4.65. The Balaban J connectivity index is 1.59. The second kappa shape index (κ2) is 6.98. The van der Waals surface area contributed by atoms with Crippen molar-refractivity contribution in [2.75, 3.05) is 20.2 Å². The van der Waals surface area contributed by atoms with E-state index in [1.807, 2.05) is 6.07 Å². The number of methoxy groups -OCH3 is 1. The van der Waals surface area contributed by atoms with Gasteiger partial charge >= 0.3 is 0 Å². The molecule has 0 radical (unpaired) electrons. The molecule has 1 N–H and O–H groups in total. The summed E-state index contributed by atoms with van der Waals surface area (Å²) < 4.78 is 46.1. The Labute approximate surface area is 157 Å². The maximum Gasteiger partial charge on any atom is 0.243 e. The van der Waals surface area contributed by atoms with Crippen molar-refractivity contribution in [2.45, 2.75) is 23.7 Å². The lowest BCUT2D eigenvalue weighted by atomic mass is 9.96. The highest BCUT2D eigenvalue weighted by atomic mass is 32.2. The first kappa shape index (κ1) is 18.0. The number of halogens is 1. The van der Waals surface area contributed by atoms with Gasteiger partial charge in [-0.15, -0.1) is 0 Å². The average molecular weight is 388 g/mol. The molecule has 1 saturated heterocycles. The Morgan fingerprint density at radius 2 is 1.93 bits per heavy atom. The van der Waals surface area contributed by atoms with Gasteiger partial charge in [-0.3, -0.25) is 0 Å². The fraction of sp³-hybridized carbons (Fsp3) is 0.300. The van der Waals surface area contributed by atoms with Gasteiger partial charge in [-0.25, -0.2) is 12.8 Å². The van der Waals surface area contributed by atoms with Crippen LogP contribution in [-0.2, 0) is 10.0 Å². The van der Waals surface area contributed by atoms with E-state index in [1.165, 1.54) is 16.4 Å². The van der Waals surface area contributed by atoms with Crippen LogP contribution in [0.2, 0.25) is 0 Å².